The van der Waals surface area contributed by atoms with Crippen LogP contribution in [0.4, 0.5) is 0 Å². The van der Waals surface area contributed by atoms with Crippen LogP contribution in [0.25, 0.3) is 20.2 Å². The van der Waals surface area contributed by atoms with Gasteiger partial charge in [0.15, 0.2) is 5.43 Å². The zero-order chi connectivity index (χ0) is 20.5. The highest BCUT2D eigenvalue weighted by Gasteiger charge is 2.08. The average Bonchev–Trinajstić information content (AvgIpc) is 2.74. The number of alkyl halides is 1. The predicted molar refractivity (Wildman–Crippen MR) is 131 cm³/mol. The predicted octanol–water partition coefficient (Wildman–Crippen LogP) is 8.09. The highest BCUT2D eigenvalue weighted by atomic mass is 79.9. The second-order valence-corrected chi connectivity index (χ2v) is 10.1. The lowest BCUT2D eigenvalue weighted by Gasteiger charge is -2.11. The van der Waals surface area contributed by atoms with E-state index >= 15 is 0 Å². The molecule has 3 aromatic rings. The SMILES string of the molecule is CCCCCCCCCC(Br)CCOc1ccc2sc3ccccc3c(=O)c2c1. The molecule has 1 unspecified atom stereocenters. The Kier molecular flexibility index (Phi) is 9.00. The molecule has 0 amide bonds. The maximum absolute atomic E-state index is 12.8. The first kappa shape index (κ1) is 22.3. The number of fused-ring (bicyclic) bond motifs is 2. The number of ether oxygens (including phenoxy) is 1. The summed E-state index contributed by atoms with van der Waals surface area (Å²) in [5.41, 5.74) is 0.0945. The lowest BCUT2D eigenvalue weighted by molar-refractivity contribution is 0.308. The topological polar surface area (TPSA) is 26.3 Å². The van der Waals surface area contributed by atoms with E-state index in [1.807, 2.05) is 42.5 Å². The molecule has 1 atom stereocenters. The monoisotopic (exact) mass is 474 g/mol. The molecule has 0 spiro atoms. The van der Waals surface area contributed by atoms with Gasteiger partial charge in [-0.2, -0.15) is 0 Å². The van der Waals surface area contributed by atoms with Crippen molar-refractivity contribution < 1.29 is 4.74 Å². The van der Waals surface area contributed by atoms with Gasteiger partial charge in [0.2, 0.25) is 0 Å². The van der Waals surface area contributed by atoms with Crippen molar-refractivity contribution in [2.45, 2.75) is 69.5 Å². The maximum atomic E-state index is 12.8. The first-order valence-corrected chi connectivity index (χ1v) is 12.6. The smallest absolute Gasteiger partial charge is 0.196 e. The van der Waals surface area contributed by atoms with Crippen LogP contribution in [0.5, 0.6) is 5.75 Å². The summed E-state index contributed by atoms with van der Waals surface area (Å²) in [5, 5.41) is 1.54. The highest BCUT2D eigenvalue weighted by molar-refractivity contribution is 9.09. The van der Waals surface area contributed by atoms with Crippen LogP contribution in [-0.4, -0.2) is 11.4 Å². The maximum Gasteiger partial charge on any atom is 0.196 e. The van der Waals surface area contributed by atoms with Gasteiger partial charge in [-0.05, 0) is 43.2 Å². The van der Waals surface area contributed by atoms with E-state index in [1.54, 1.807) is 11.3 Å². The fourth-order valence-corrected chi connectivity index (χ4v) is 5.21. The van der Waals surface area contributed by atoms with Gasteiger partial charge in [0.25, 0.3) is 0 Å². The summed E-state index contributed by atoms with van der Waals surface area (Å²) in [6.45, 7) is 2.93. The van der Waals surface area contributed by atoms with Crippen molar-refractivity contribution in [2.75, 3.05) is 6.61 Å². The zero-order valence-electron chi connectivity index (χ0n) is 17.3. The van der Waals surface area contributed by atoms with Crippen LogP contribution in [0.15, 0.2) is 47.3 Å². The van der Waals surface area contributed by atoms with Crippen molar-refractivity contribution in [3.05, 3.63) is 52.7 Å². The van der Waals surface area contributed by atoms with Gasteiger partial charge in [-0.3, -0.25) is 4.79 Å². The van der Waals surface area contributed by atoms with E-state index in [9.17, 15) is 4.79 Å². The minimum absolute atomic E-state index is 0.0945. The second kappa shape index (κ2) is 11.7. The molecular formula is C25H31BrO2S. The van der Waals surface area contributed by atoms with Gasteiger partial charge in [0.1, 0.15) is 5.75 Å². The van der Waals surface area contributed by atoms with E-state index in [1.165, 1.54) is 51.4 Å². The molecule has 4 heteroatoms. The summed E-state index contributed by atoms with van der Waals surface area (Å²) in [7, 11) is 0. The van der Waals surface area contributed by atoms with Gasteiger partial charge < -0.3 is 4.74 Å². The molecule has 1 heterocycles. The minimum Gasteiger partial charge on any atom is -0.494 e. The van der Waals surface area contributed by atoms with Crippen LogP contribution in [0.3, 0.4) is 0 Å². The molecule has 0 bridgehead atoms. The molecule has 0 saturated carbocycles. The van der Waals surface area contributed by atoms with E-state index in [-0.39, 0.29) is 5.43 Å². The Morgan fingerprint density at radius 1 is 0.897 bits per heavy atom. The summed E-state index contributed by atoms with van der Waals surface area (Å²) < 4.78 is 8.01. The van der Waals surface area contributed by atoms with Crippen molar-refractivity contribution >= 4 is 47.4 Å². The van der Waals surface area contributed by atoms with Gasteiger partial charge >= 0.3 is 0 Å². The van der Waals surface area contributed by atoms with E-state index in [4.69, 9.17) is 4.74 Å². The van der Waals surface area contributed by atoms with E-state index in [2.05, 4.69) is 22.9 Å². The summed E-state index contributed by atoms with van der Waals surface area (Å²) in [5.74, 6) is 0.785. The third-order valence-corrected chi connectivity index (χ3v) is 7.44. The first-order chi connectivity index (χ1) is 14.2. The number of rotatable bonds is 12. The molecule has 0 radical (unpaired) electrons. The van der Waals surface area contributed by atoms with Crippen molar-refractivity contribution in [3.8, 4) is 5.75 Å². The third-order valence-electron chi connectivity index (χ3n) is 5.37. The summed E-state index contributed by atoms with van der Waals surface area (Å²) >= 11 is 5.45. The van der Waals surface area contributed by atoms with Crippen LogP contribution >= 0.6 is 27.3 Å². The molecule has 29 heavy (non-hydrogen) atoms. The average molecular weight is 475 g/mol. The van der Waals surface area contributed by atoms with Crippen LogP contribution in [0.2, 0.25) is 0 Å². The molecule has 2 aromatic carbocycles. The van der Waals surface area contributed by atoms with Crippen molar-refractivity contribution in [3.63, 3.8) is 0 Å². The minimum atomic E-state index is 0.0945. The van der Waals surface area contributed by atoms with Crippen molar-refractivity contribution in [1.29, 1.82) is 0 Å². The Bertz CT molecular complexity index is 966. The molecule has 0 saturated heterocycles. The Balaban J connectivity index is 1.46. The van der Waals surface area contributed by atoms with Gasteiger partial charge in [-0.25, -0.2) is 0 Å². The van der Waals surface area contributed by atoms with Gasteiger partial charge in [0.05, 0.1) is 6.61 Å². The molecule has 0 fully saturated rings. The zero-order valence-corrected chi connectivity index (χ0v) is 19.7. The van der Waals surface area contributed by atoms with Crippen LogP contribution in [-0.2, 0) is 0 Å². The summed E-state index contributed by atoms with van der Waals surface area (Å²) in [6.07, 6.45) is 11.6. The highest BCUT2D eigenvalue weighted by Crippen LogP contribution is 2.27. The van der Waals surface area contributed by atoms with Crippen LogP contribution in [0.1, 0.15) is 64.7 Å². The number of benzene rings is 2. The van der Waals surface area contributed by atoms with Gasteiger partial charge in [-0.1, -0.05) is 79.9 Å². The molecule has 3 rings (SSSR count). The molecule has 1 aromatic heterocycles. The normalized spacial score (nSPS) is 12.5. The van der Waals surface area contributed by atoms with Crippen molar-refractivity contribution in [2.24, 2.45) is 0 Å². The Hall–Kier alpha value is -1.39. The Morgan fingerprint density at radius 3 is 2.45 bits per heavy atom. The molecule has 2 nitrogen and oxygen atoms in total. The largest absolute Gasteiger partial charge is 0.494 e. The summed E-state index contributed by atoms with van der Waals surface area (Å²) in [4.78, 5) is 13.3. The van der Waals surface area contributed by atoms with E-state index < -0.39 is 0 Å². The van der Waals surface area contributed by atoms with Crippen LogP contribution in [0, 0.1) is 0 Å². The van der Waals surface area contributed by atoms with E-state index in [0.29, 0.717) is 11.4 Å². The molecule has 0 N–H and O–H groups in total. The number of hydrogen-bond donors (Lipinski definition) is 0. The second-order valence-electron chi connectivity index (χ2n) is 7.73. The fourth-order valence-electron chi connectivity index (χ4n) is 3.64. The lowest BCUT2D eigenvalue weighted by Crippen LogP contribution is -2.07. The van der Waals surface area contributed by atoms with Crippen molar-refractivity contribution in [1.82, 2.24) is 0 Å². The lowest BCUT2D eigenvalue weighted by atomic mass is 10.1. The number of hydrogen-bond acceptors (Lipinski definition) is 3. The molecular weight excluding hydrogens is 444 g/mol. The Morgan fingerprint density at radius 2 is 1.62 bits per heavy atom. The third kappa shape index (κ3) is 6.55. The molecule has 156 valence electrons. The van der Waals surface area contributed by atoms with Gasteiger partial charge in [-0.15, -0.1) is 11.3 Å². The quantitative estimate of drug-likeness (QED) is 0.150. The first-order valence-electron chi connectivity index (χ1n) is 10.9. The molecule has 0 aliphatic heterocycles. The standard InChI is InChI=1S/C25H31BrO2S/c1-2-3-4-5-6-7-8-11-19(26)16-17-28-20-14-15-24-22(18-20)25(27)21-12-9-10-13-23(21)29-24/h9-10,12-15,18-19H,2-8,11,16-17H2,1H3. The van der Waals surface area contributed by atoms with E-state index in [0.717, 1.165) is 32.3 Å². The summed E-state index contributed by atoms with van der Waals surface area (Å²) in [6, 6.07) is 13.7. The molecule has 0 aliphatic rings. The number of unbranched alkanes of at least 4 members (excludes halogenated alkanes) is 6. The fraction of sp³-hybridized carbons (Fsp3) is 0.480. The Labute approximate surface area is 186 Å². The number of halogens is 1. The van der Waals surface area contributed by atoms with Crippen LogP contribution < -0.4 is 10.2 Å². The van der Waals surface area contributed by atoms with Gasteiger partial charge in [0, 0.05) is 25.0 Å². The molecule has 0 aliphatic carbocycles.